The first kappa shape index (κ1) is 17.4. The summed E-state index contributed by atoms with van der Waals surface area (Å²) in [6, 6.07) is 5.70. The van der Waals surface area contributed by atoms with Crippen LogP contribution in [0.1, 0.15) is 26.3 Å². The summed E-state index contributed by atoms with van der Waals surface area (Å²) < 4.78 is 18.2. The molecule has 0 aliphatic heterocycles. The van der Waals surface area contributed by atoms with Crippen LogP contribution in [-0.4, -0.2) is 46.1 Å². The Morgan fingerprint density at radius 3 is 2.38 bits per heavy atom. The van der Waals surface area contributed by atoms with Crippen LogP contribution >= 0.6 is 0 Å². The number of carbonyl (C=O) groups is 1. The van der Waals surface area contributed by atoms with Gasteiger partial charge in [-0.15, -0.1) is 0 Å². The first-order valence-electron chi connectivity index (χ1n) is 6.72. The maximum Gasteiger partial charge on any atom is 0.410 e. The van der Waals surface area contributed by atoms with Crippen molar-refractivity contribution in [1.29, 1.82) is 0 Å². The number of carbonyl (C=O) groups excluding carboxylic acids is 1. The van der Waals surface area contributed by atoms with Crippen molar-refractivity contribution in [2.24, 2.45) is 0 Å². The van der Waals surface area contributed by atoms with Gasteiger partial charge in [0, 0.05) is 6.54 Å². The van der Waals surface area contributed by atoms with E-state index in [4.69, 9.17) is 9.84 Å². The highest BCUT2D eigenvalue weighted by Gasteiger charge is 2.24. The molecule has 1 atom stereocenters. The van der Waals surface area contributed by atoms with Crippen LogP contribution in [0.5, 0.6) is 0 Å². The molecule has 0 heterocycles. The van der Waals surface area contributed by atoms with E-state index in [2.05, 4.69) is 0 Å². The smallest absolute Gasteiger partial charge is 0.410 e. The molecule has 0 fully saturated rings. The molecule has 2 N–H and O–H groups in total. The number of benzene rings is 1. The lowest BCUT2D eigenvalue weighted by atomic mass is 10.2. The van der Waals surface area contributed by atoms with Crippen LogP contribution in [0.15, 0.2) is 24.3 Å². The van der Waals surface area contributed by atoms with Gasteiger partial charge in [0.25, 0.3) is 0 Å². The molecular weight excluding hydrogens is 277 g/mol. The zero-order valence-electron chi connectivity index (χ0n) is 12.5. The molecule has 0 bridgehead atoms. The Labute approximate surface area is 124 Å². The highest BCUT2D eigenvalue weighted by Crippen LogP contribution is 2.13. The van der Waals surface area contributed by atoms with Crippen LogP contribution in [0.3, 0.4) is 0 Å². The lowest BCUT2D eigenvalue weighted by Gasteiger charge is -2.28. The van der Waals surface area contributed by atoms with Crippen molar-refractivity contribution in [2.45, 2.75) is 39.0 Å². The summed E-state index contributed by atoms with van der Waals surface area (Å²) in [5.74, 6) is -0.363. The largest absolute Gasteiger partial charge is 0.444 e. The van der Waals surface area contributed by atoms with E-state index in [1.165, 1.54) is 17.0 Å². The van der Waals surface area contributed by atoms with Crippen molar-refractivity contribution < 1.29 is 24.1 Å². The predicted octanol–water partition coefficient (Wildman–Crippen LogP) is 1.92. The first-order valence-corrected chi connectivity index (χ1v) is 6.72. The molecule has 0 aromatic heterocycles. The number of halogens is 1. The molecule has 5 nitrogen and oxygen atoms in total. The molecule has 0 saturated heterocycles. The Kier molecular flexibility index (Phi) is 6.11. The fraction of sp³-hybridized carbons (Fsp3) is 0.533. The van der Waals surface area contributed by atoms with E-state index in [-0.39, 0.29) is 18.9 Å². The van der Waals surface area contributed by atoms with Crippen LogP contribution in [-0.2, 0) is 11.3 Å². The molecule has 21 heavy (non-hydrogen) atoms. The first-order chi connectivity index (χ1) is 9.71. The van der Waals surface area contributed by atoms with Crippen molar-refractivity contribution in [2.75, 3.05) is 13.2 Å². The van der Waals surface area contributed by atoms with Gasteiger partial charge in [0.1, 0.15) is 11.4 Å². The Bertz CT molecular complexity index is 456. The van der Waals surface area contributed by atoms with Gasteiger partial charge in [0.2, 0.25) is 0 Å². The third kappa shape index (κ3) is 6.55. The summed E-state index contributed by atoms with van der Waals surface area (Å²) in [7, 11) is 0. The second-order valence-corrected chi connectivity index (χ2v) is 5.82. The molecule has 0 aliphatic rings. The number of amides is 1. The highest BCUT2D eigenvalue weighted by atomic mass is 19.1. The SMILES string of the molecule is CC(C)(C)OC(=O)N(Cc1ccc(F)cc1)CC(O)CO. The number of aliphatic hydroxyl groups is 2. The van der Waals surface area contributed by atoms with Gasteiger partial charge in [-0.3, -0.25) is 0 Å². The Morgan fingerprint density at radius 1 is 1.33 bits per heavy atom. The van der Waals surface area contributed by atoms with Gasteiger partial charge < -0.3 is 19.8 Å². The molecule has 118 valence electrons. The number of aliphatic hydroxyl groups excluding tert-OH is 2. The minimum absolute atomic E-state index is 0.0667. The van der Waals surface area contributed by atoms with E-state index in [1.807, 2.05) is 0 Å². The zero-order chi connectivity index (χ0) is 16.0. The third-order valence-electron chi connectivity index (χ3n) is 2.58. The van der Waals surface area contributed by atoms with Crippen LogP contribution < -0.4 is 0 Å². The van der Waals surface area contributed by atoms with Gasteiger partial charge in [-0.1, -0.05) is 12.1 Å². The number of nitrogens with zero attached hydrogens (tertiary/aromatic N) is 1. The summed E-state index contributed by atoms with van der Waals surface area (Å²) >= 11 is 0. The van der Waals surface area contributed by atoms with Crippen LogP contribution in [0.25, 0.3) is 0 Å². The second-order valence-electron chi connectivity index (χ2n) is 5.82. The van der Waals surface area contributed by atoms with Crippen molar-refractivity contribution in [3.63, 3.8) is 0 Å². The highest BCUT2D eigenvalue weighted by molar-refractivity contribution is 5.68. The van der Waals surface area contributed by atoms with Gasteiger partial charge in [0.05, 0.1) is 19.3 Å². The van der Waals surface area contributed by atoms with Crippen LogP contribution in [0.4, 0.5) is 9.18 Å². The minimum atomic E-state index is -1.06. The number of rotatable bonds is 5. The summed E-state index contributed by atoms with van der Waals surface area (Å²) in [6.07, 6.45) is -1.66. The van der Waals surface area contributed by atoms with Gasteiger partial charge in [-0.25, -0.2) is 9.18 Å². The van der Waals surface area contributed by atoms with E-state index < -0.39 is 24.4 Å². The number of hydrogen-bond acceptors (Lipinski definition) is 4. The fourth-order valence-electron chi connectivity index (χ4n) is 1.65. The van der Waals surface area contributed by atoms with Crippen molar-refractivity contribution in [3.05, 3.63) is 35.6 Å². The molecule has 0 radical (unpaired) electrons. The van der Waals surface area contributed by atoms with E-state index in [0.29, 0.717) is 5.56 Å². The zero-order valence-corrected chi connectivity index (χ0v) is 12.5. The molecule has 0 aliphatic carbocycles. The minimum Gasteiger partial charge on any atom is -0.444 e. The molecule has 1 amide bonds. The van der Waals surface area contributed by atoms with Gasteiger partial charge in [-0.05, 0) is 38.5 Å². The van der Waals surface area contributed by atoms with Crippen molar-refractivity contribution in [3.8, 4) is 0 Å². The molecular formula is C15H22FNO4. The number of hydrogen-bond donors (Lipinski definition) is 2. The average Bonchev–Trinajstić information content (AvgIpc) is 2.38. The average molecular weight is 299 g/mol. The van der Waals surface area contributed by atoms with E-state index >= 15 is 0 Å². The van der Waals surface area contributed by atoms with E-state index in [0.717, 1.165) is 0 Å². The molecule has 1 rings (SSSR count). The van der Waals surface area contributed by atoms with E-state index in [9.17, 15) is 14.3 Å². The molecule has 1 aromatic rings. The predicted molar refractivity (Wildman–Crippen MR) is 76.1 cm³/mol. The summed E-state index contributed by atoms with van der Waals surface area (Å²) in [5.41, 5.74) is 0.0369. The fourth-order valence-corrected chi connectivity index (χ4v) is 1.65. The quantitative estimate of drug-likeness (QED) is 0.871. The van der Waals surface area contributed by atoms with Gasteiger partial charge >= 0.3 is 6.09 Å². The Hall–Kier alpha value is -1.66. The standard InChI is InChI=1S/C15H22FNO4/c1-15(2,3)21-14(20)17(9-13(19)10-18)8-11-4-6-12(16)7-5-11/h4-7,13,18-19H,8-10H2,1-3H3. The normalized spacial score (nSPS) is 12.9. The van der Waals surface area contributed by atoms with Gasteiger partial charge in [-0.2, -0.15) is 0 Å². The summed E-state index contributed by atoms with van der Waals surface area (Å²) in [6.45, 7) is 4.86. The maximum atomic E-state index is 12.9. The van der Waals surface area contributed by atoms with Gasteiger partial charge in [0.15, 0.2) is 0 Å². The summed E-state index contributed by atoms with van der Waals surface area (Å²) in [5, 5.41) is 18.5. The third-order valence-corrected chi connectivity index (χ3v) is 2.58. The molecule has 1 unspecified atom stereocenters. The second kappa shape index (κ2) is 7.38. The monoisotopic (exact) mass is 299 g/mol. The molecule has 1 aromatic carbocycles. The lowest BCUT2D eigenvalue weighted by molar-refractivity contribution is 0.00536. The van der Waals surface area contributed by atoms with Crippen LogP contribution in [0, 0.1) is 5.82 Å². The Balaban J connectivity index is 2.81. The van der Waals surface area contributed by atoms with Crippen LogP contribution in [0.2, 0.25) is 0 Å². The maximum absolute atomic E-state index is 12.9. The van der Waals surface area contributed by atoms with Crippen molar-refractivity contribution in [1.82, 2.24) is 4.90 Å². The Morgan fingerprint density at radius 2 is 1.90 bits per heavy atom. The molecule has 6 heteroatoms. The lowest BCUT2D eigenvalue weighted by Crippen LogP contribution is -2.41. The number of ether oxygens (including phenoxy) is 1. The molecule has 0 spiro atoms. The molecule has 0 saturated carbocycles. The van der Waals surface area contributed by atoms with Crippen molar-refractivity contribution >= 4 is 6.09 Å². The summed E-state index contributed by atoms with van der Waals surface area (Å²) in [4.78, 5) is 13.4. The van der Waals surface area contributed by atoms with E-state index in [1.54, 1.807) is 32.9 Å². The topological polar surface area (TPSA) is 70.0 Å².